The van der Waals surface area contributed by atoms with Crippen LogP contribution in [0.3, 0.4) is 0 Å². The van der Waals surface area contributed by atoms with Gasteiger partial charge in [0.05, 0.1) is 14.2 Å². The van der Waals surface area contributed by atoms with E-state index < -0.39 is 0 Å². The molecule has 0 radical (unpaired) electrons. The molecule has 3 N–H and O–H groups in total. The lowest BCUT2D eigenvalue weighted by atomic mass is 10.1. The van der Waals surface area contributed by atoms with Crippen molar-refractivity contribution in [1.82, 2.24) is 10.3 Å². The van der Waals surface area contributed by atoms with Crippen LogP contribution in [0.2, 0.25) is 0 Å². The summed E-state index contributed by atoms with van der Waals surface area (Å²) in [6, 6.07) is 8.92. The first kappa shape index (κ1) is 24.8. The number of carbonyl (C=O) groups excluding carboxylic acids is 1. The molecule has 2 rings (SSSR count). The van der Waals surface area contributed by atoms with Gasteiger partial charge in [-0.3, -0.25) is 4.79 Å². The first-order valence-electron chi connectivity index (χ1n) is 7.90. The lowest BCUT2D eigenvalue weighted by molar-refractivity contribution is -0.124. The number of rotatable bonds is 8. The minimum absolute atomic E-state index is 0. The van der Waals surface area contributed by atoms with Crippen LogP contribution in [-0.2, 0) is 11.3 Å². The smallest absolute Gasteiger partial charge is 0.224 e. The zero-order valence-corrected chi connectivity index (χ0v) is 17.1. The van der Waals surface area contributed by atoms with Gasteiger partial charge in [0, 0.05) is 31.3 Å². The van der Waals surface area contributed by atoms with E-state index in [1.165, 1.54) is 0 Å². The number of nitrogens with two attached hydrogens (primary N) is 1. The normalized spacial score (nSPS) is 10.7. The molecule has 1 amide bonds. The molecule has 0 spiro atoms. The summed E-state index contributed by atoms with van der Waals surface area (Å²) < 4.78 is 16.4. The molecule has 0 aliphatic rings. The van der Waals surface area contributed by atoms with Crippen molar-refractivity contribution >= 4 is 30.7 Å². The molecule has 0 aliphatic heterocycles. The molecule has 1 aromatic carbocycles. The zero-order chi connectivity index (χ0) is 18.2. The van der Waals surface area contributed by atoms with Crippen LogP contribution in [0.5, 0.6) is 23.1 Å². The molecule has 150 valence electrons. The molecule has 0 saturated carbocycles. The Kier molecular flexibility index (Phi) is 11.2. The molecule has 1 heterocycles. The van der Waals surface area contributed by atoms with Crippen LogP contribution in [0.15, 0.2) is 36.5 Å². The number of nitrogens with zero attached hydrogens (tertiary/aromatic N) is 1. The van der Waals surface area contributed by atoms with E-state index in [0.717, 1.165) is 5.56 Å². The van der Waals surface area contributed by atoms with E-state index in [9.17, 15) is 4.79 Å². The number of aromatic nitrogens is 1. The minimum Gasteiger partial charge on any atom is -0.493 e. The maximum atomic E-state index is 11.7. The predicted molar refractivity (Wildman–Crippen MR) is 108 cm³/mol. The highest BCUT2D eigenvalue weighted by molar-refractivity contribution is 5.85. The number of halogens is 2. The standard InChI is InChI=1S/C18H23N3O4.2ClH/c1-12(9-19)18(22)21-11-13-7-8-16(20-10-13)25-17-14(23-2)5-4-6-15(17)24-3;;/h4-8,10,12H,9,11,19H2,1-3H3,(H,21,22);2*1H. The lowest BCUT2D eigenvalue weighted by Crippen LogP contribution is -2.32. The van der Waals surface area contributed by atoms with E-state index >= 15 is 0 Å². The van der Waals surface area contributed by atoms with Crippen LogP contribution < -0.4 is 25.3 Å². The monoisotopic (exact) mass is 417 g/mol. The summed E-state index contributed by atoms with van der Waals surface area (Å²) in [4.78, 5) is 16.0. The van der Waals surface area contributed by atoms with Gasteiger partial charge in [-0.2, -0.15) is 0 Å². The molecule has 1 unspecified atom stereocenters. The number of amides is 1. The van der Waals surface area contributed by atoms with Gasteiger partial charge in [0.25, 0.3) is 0 Å². The number of para-hydroxylation sites is 1. The van der Waals surface area contributed by atoms with Crippen LogP contribution in [0.4, 0.5) is 0 Å². The van der Waals surface area contributed by atoms with Crippen LogP contribution in [0.1, 0.15) is 12.5 Å². The Labute approximate surface area is 171 Å². The van der Waals surface area contributed by atoms with Crippen molar-refractivity contribution in [2.24, 2.45) is 11.7 Å². The second kappa shape index (κ2) is 12.2. The molecule has 0 aliphatic carbocycles. The molecule has 9 heteroatoms. The van der Waals surface area contributed by atoms with Crippen molar-refractivity contribution < 1.29 is 19.0 Å². The molecule has 0 saturated heterocycles. The summed E-state index contributed by atoms with van der Waals surface area (Å²) in [7, 11) is 3.12. The highest BCUT2D eigenvalue weighted by Crippen LogP contribution is 2.39. The topological polar surface area (TPSA) is 95.7 Å². The minimum atomic E-state index is -0.214. The predicted octanol–water partition coefficient (Wildman–Crippen LogP) is 2.95. The van der Waals surface area contributed by atoms with Gasteiger partial charge in [0.15, 0.2) is 11.5 Å². The third-order valence-corrected chi connectivity index (χ3v) is 3.65. The average Bonchev–Trinajstić information content (AvgIpc) is 2.66. The summed E-state index contributed by atoms with van der Waals surface area (Å²) in [6.07, 6.45) is 1.64. The molecular weight excluding hydrogens is 393 g/mol. The molecule has 1 aromatic heterocycles. The Morgan fingerprint density at radius 2 is 1.78 bits per heavy atom. The van der Waals surface area contributed by atoms with Gasteiger partial charge < -0.3 is 25.3 Å². The quantitative estimate of drug-likeness (QED) is 0.685. The highest BCUT2D eigenvalue weighted by Gasteiger charge is 2.13. The SMILES string of the molecule is COc1cccc(OC)c1Oc1ccc(CNC(=O)C(C)CN)cn1.Cl.Cl. The van der Waals surface area contributed by atoms with Crippen molar-refractivity contribution in [2.75, 3.05) is 20.8 Å². The van der Waals surface area contributed by atoms with Gasteiger partial charge in [-0.25, -0.2) is 4.98 Å². The van der Waals surface area contributed by atoms with E-state index in [2.05, 4.69) is 10.3 Å². The van der Waals surface area contributed by atoms with Gasteiger partial charge in [0.2, 0.25) is 17.5 Å². The fraction of sp³-hybridized carbons (Fsp3) is 0.333. The molecule has 0 fully saturated rings. The van der Waals surface area contributed by atoms with Crippen molar-refractivity contribution in [3.63, 3.8) is 0 Å². The number of benzene rings is 1. The van der Waals surface area contributed by atoms with Crippen LogP contribution in [-0.4, -0.2) is 31.7 Å². The van der Waals surface area contributed by atoms with Crippen LogP contribution in [0.25, 0.3) is 0 Å². The third-order valence-electron chi connectivity index (χ3n) is 3.65. The Hall–Kier alpha value is -2.22. The molecule has 7 nitrogen and oxygen atoms in total. The van der Waals surface area contributed by atoms with E-state index in [0.29, 0.717) is 36.2 Å². The van der Waals surface area contributed by atoms with Crippen molar-refractivity contribution in [3.8, 4) is 23.1 Å². The Morgan fingerprint density at radius 1 is 1.15 bits per heavy atom. The number of hydrogen-bond acceptors (Lipinski definition) is 6. The van der Waals surface area contributed by atoms with Crippen molar-refractivity contribution in [3.05, 3.63) is 42.1 Å². The summed E-state index contributed by atoms with van der Waals surface area (Å²) in [5.41, 5.74) is 6.33. The van der Waals surface area contributed by atoms with Crippen molar-refractivity contribution in [1.29, 1.82) is 0 Å². The number of nitrogens with one attached hydrogen (secondary N) is 1. The maximum absolute atomic E-state index is 11.7. The van der Waals surface area contributed by atoms with Gasteiger partial charge in [-0.15, -0.1) is 24.8 Å². The van der Waals surface area contributed by atoms with Gasteiger partial charge in [-0.1, -0.05) is 19.1 Å². The van der Waals surface area contributed by atoms with Gasteiger partial charge in [0.1, 0.15) is 0 Å². The fourth-order valence-electron chi connectivity index (χ4n) is 2.07. The molecule has 0 bridgehead atoms. The largest absolute Gasteiger partial charge is 0.493 e. The maximum Gasteiger partial charge on any atom is 0.224 e. The number of carbonyl (C=O) groups is 1. The Bertz CT molecular complexity index is 692. The second-order valence-electron chi connectivity index (χ2n) is 5.45. The molecule has 27 heavy (non-hydrogen) atoms. The lowest BCUT2D eigenvalue weighted by Gasteiger charge is -2.13. The van der Waals surface area contributed by atoms with Crippen LogP contribution in [0, 0.1) is 5.92 Å². The van der Waals surface area contributed by atoms with E-state index in [1.807, 2.05) is 12.1 Å². The van der Waals surface area contributed by atoms with Gasteiger partial charge in [-0.05, 0) is 17.7 Å². The fourth-order valence-corrected chi connectivity index (χ4v) is 2.07. The highest BCUT2D eigenvalue weighted by atomic mass is 35.5. The Balaban J connectivity index is 0.00000338. The Morgan fingerprint density at radius 3 is 2.26 bits per heavy atom. The van der Waals surface area contributed by atoms with Crippen LogP contribution >= 0.6 is 24.8 Å². The molecular formula is C18H25Cl2N3O4. The summed E-state index contributed by atoms with van der Waals surface area (Å²) in [5, 5.41) is 2.82. The number of hydrogen-bond donors (Lipinski definition) is 2. The zero-order valence-electron chi connectivity index (χ0n) is 15.4. The first-order valence-corrected chi connectivity index (χ1v) is 7.90. The summed E-state index contributed by atoms with van der Waals surface area (Å²) in [5.74, 6) is 1.66. The number of methoxy groups -OCH3 is 2. The molecule has 1 atom stereocenters. The van der Waals surface area contributed by atoms with Crippen molar-refractivity contribution in [2.45, 2.75) is 13.5 Å². The van der Waals surface area contributed by atoms with E-state index in [4.69, 9.17) is 19.9 Å². The average molecular weight is 418 g/mol. The van der Waals surface area contributed by atoms with E-state index in [-0.39, 0.29) is 36.6 Å². The number of ether oxygens (including phenoxy) is 3. The van der Waals surface area contributed by atoms with E-state index in [1.54, 1.807) is 45.5 Å². The molecule has 2 aromatic rings. The van der Waals surface area contributed by atoms with Gasteiger partial charge >= 0.3 is 0 Å². The summed E-state index contributed by atoms with van der Waals surface area (Å²) in [6.45, 7) is 2.48. The second-order valence-corrected chi connectivity index (χ2v) is 5.45. The third kappa shape index (κ3) is 6.78. The first-order chi connectivity index (χ1) is 12.1. The summed E-state index contributed by atoms with van der Waals surface area (Å²) >= 11 is 0. The number of pyridine rings is 1.